The van der Waals surface area contributed by atoms with Crippen LogP contribution in [0, 0.1) is 12.8 Å². The Hall–Kier alpha value is -1.58. The van der Waals surface area contributed by atoms with Crippen LogP contribution >= 0.6 is 0 Å². The van der Waals surface area contributed by atoms with Gasteiger partial charge in [0.25, 0.3) is 0 Å². The highest BCUT2D eigenvalue weighted by atomic mass is 15.4. The zero-order chi connectivity index (χ0) is 12.1. The molecule has 4 nitrogen and oxygen atoms in total. The van der Waals surface area contributed by atoms with Crippen molar-refractivity contribution in [3.8, 4) is 0 Å². The number of anilines is 1. The van der Waals surface area contributed by atoms with Crippen molar-refractivity contribution in [3.63, 3.8) is 0 Å². The largest absolute Gasteiger partial charge is 0.369 e. The molecule has 0 aromatic carbocycles. The Morgan fingerprint density at radius 1 is 1.28 bits per heavy atom. The van der Waals surface area contributed by atoms with Crippen LogP contribution in [0.5, 0.6) is 0 Å². The predicted octanol–water partition coefficient (Wildman–Crippen LogP) is 2.90. The molecule has 0 radical (unpaired) electrons. The molecule has 2 atom stereocenters. The second-order valence-electron chi connectivity index (χ2n) is 5.61. The summed E-state index contributed by atoms with van der Waals surface area (Å²) < 4.78 is 2.21. The minimum Gasteiger partial charge on any atom is -0.369 e. The molecule has 1 saturated carbocycles. The number of hydrogen-bond acceptors (Lipinski definition) is 3. The first-order valence-corrected chi connectivity index (χ1v) is 6.92. The number of nitrogens with zero attached hydrogens (tertiary/aromatic N) is 3. The summed E-state index contributed by atoms with van der Waals surface area (Å²) >= 11 is 0. The van der Waals surface area contributed by atoms with E-state index in [2.05, 4.69) is 27.1 Å². The van der Waals surface area contributed by atoms with Gasteiger partial charge in [0.05, 0.1) is 11.4 Å². The van der Waals surface area contributed by atoms with Crippen molar-refractivity contribution >= 4 is 16.9 Å². The van der Waals surface area contributed by atoms with Crippen LogP contribution in [0.4, 0.5) is 5.82 Å². The Morgan fingerprint density at radius 2 is 2.17 bits per heavy atom. The van der Waals surface area contributed by atoms with Crippen LogP contribution in [0.1, 0.15) is 37.4 Å². The molecule has 4 heteroatoms. The molecule has 2 aromatic rings. The van der Waals surface area contributed by atoms with E-state index in [1.807, 2.05) is 6.92 Å². The SMILES string of the molecule is Cc1ccc2c3n(nc2n1)C1CCCCC1CN3. The van der Waals surface area contributed by atoms with E-state index >= 15 is 0 Å². The first-order valence-electron chi connectivity index (χ1n) is 6.92. The van der Waals surface area contributed by atoms with Crippen molar-refractivity contribution in [1.29, 1.82) is 0 Å². The third kappa shape index (κ3) is 1.38. The van der Waals surface area contributed by atoms with E-state index < -0.39 is 0 Å². The van der Waals surface area contributed by atoms with Gasteiger partial charge in [0.1, 0.15) is 5.82 Å². The number of rotatable bonds is 0. The highest BCUT2D eigenvalue weighted by molar-refractivity contribution is 5.88. The smallest absolute Gasteiger partial charge is 0.183 e. The fraction of sp³-hybridized carbons (Fsp3) is 0.571. The lowest BCUT2D eigenvalue weighted by Crippen LogP contribution is -2.35. The van der Waals surface area contributed by atoms with Gasteiger partial charge in [-0.3, -0.25) is 0 Å². The Labute approximate surface area is 106 Å². The van der Waals surface area contributed by atoms with Crippen molar-refractivity contribution in [1.82, 2.24) is 14.8 Å². The van der Waals surface area contributed by atoms with Gasteiger partial charge in [0.15, 0.2) is 5.65 Å². The normalized spacial score (nSPS) is 26.5. The van der Waals surface area contributed by atoms with Crippen LogP contribution < -0.4 is 5.32 Å². The highest BCUT2D eigenvalue weighted by Gasteiger charge is 2.33. The van der Waals surface area contributed by atoms with Crippen LogP contribution in [0.3, 0.4) is 0 Å². The van der Waals surface area contributed by atoms with Gasteiger partial charge in [-0.15, -0.1) is 0 Å². The Balaban J connectivity index is 1.89. The summed E-state index contributed by atoms with van der Waals surface area (Å²) in [5.74, 6) is 1.93. The third-order valence-corrected chi connectivity index (χ3v) is 4.42. The van der Waals surface area contributed by atoms with E-state index in [4.69, 9.17) is 5.10 Å². The summed E-state index contributed by atoms with van der Waals surface area (Å²) in [6.45, 7) is 3.12. The van der Waals surface area contributed by atoms with Crippen LogP contribution in [-0.2, 0) is 0 Å². The summed E-state index contributed by atoms with van der Waals surface area (Å²) in [6, 6.07) is 4.80. The first-order chi connectivity index (χ1) is 8.83. The van der Waals surface area contributed by atoms with Crippen LogP contribution in [0.25, 0.3) is 11.0 Å². The van der Waals surface area contributed by atoms with Crippen molar-refractivity contribution in [2.45, 2.75) is 38.6 Å². The molecule has 0 amide bonds. The third-order valence-electron chi connectivity index (χ3n) is 4.42. The lowest BCUT2D eigenvalue weighted by atomic mass is 9.83. The molecule has 0 spiro atoms. The lowest BCUT2D eigenvalue weighted by Gasteiger charge is -2.36. The fourth-order valence-electron chi connectivity index (χ4n) is 3.47. The molecular weight excluding hydrogens is 224 g/mol. The number of aromatic nitrogens is 3. The molecule has 2 unspecified atom stereocenters. The summed E-state index contributed by atoms with van der Waals surface area (Å²) in [7, 11) is 0. The van der Waals surface area contributed by atoms with E-state index in [0.29, 0.717) is 6.04 Å². The standard InChI is InChI=1S/C14H18N4/c1-9-6-7-11-13(16-9)17-18-12-5-3-2-4-10(12)8-15-14(11)18/h6-7,10,12,15H,2-5,8H2,1H3. The van der Waals surface area contributed by atoms with Gasteiger partial charge in [-0.25, -0.2) is 9.67 Å². The zero-order valence-electron chi connectivity index (χ0n) is 10.7. The average Bonchev–Trinajstić information content (AvgIpc) is 2.76. The van der Waals surface area contributed by atoms with Gasteiger partial charge >= 0.3 is 0 Å². The summed E-state index contributed by atoms with van der Waals surface area (Å²) in [5.41, 5.74) is 1.93. The van der Waals surface area contributed by atoms with E-state index in [-0.39, 0.29) is 0 Å². The second-order valence-corrected chi connectivity index (χ2v) is 5.61. The summed E-state index contributed by atoms with van der Waals surface area (Å²) in [5, 5.41) is 9.48. The molecule has 1 fully saturated rings. The summed E-state index contributed by atoms with van der Waals surface area (Å²) in [4.78, 5) is 4.55. The van der Waals surface area contributed by atoms with Gasteiger partial charge in [-0.05, 0) is 37.8 Å². The van der Waals surface area contributed by atoms with Gasteiger partial charge < -0.3 is 5.32 Å². The van der Waals surface area contributed by atoms with Crippen LogP contribution in [-0.4, -0.2) is 21.3 Å². The Bertz CT molecular complexity index is 601. The van der Waals surface area contributed by atoms with E-state index in [1.54, 1.807) is 0 Å². The Kier molecular flexibility index (Phi) is 2.13. The molecule has 1 aliphatic heterocycles. The van der Waals surface area contributed by atoms with E-state index in [1.165, 1.54) is 36.9 Å². The fourth-order valence-corrected chi connectivity index (χ4v) is 3.47. The highest BCUT2D eigenvalue weighted by Crippen LogP contribution is 2.40. The van der Waals surface area contributed by atoms with Gasteiger partial charge in [0, 0.05) is 12.2 Å². The molecular formula is C14H18N4. The summed E-state index contributed by atoms with van der Waals surface area (Å²) in [6.07, 6.45) is 5.31. The topological polar surface area (TPSA) is 42.7 Å². The first kappa shape index (κ1) is 10.4. The van der Waals surface area contributed by atoms with Crippen LogP contribution in [0.2, 0.25) is 0 Å². The lowest BCUT2D eigenvalue weighted by molar-refractivity contribution is 0.223. The maximum absolute atomic E-state index is 4.74. The van der Waals surface area contributed by atoms with Crippen molar-refractivity contribution < 1.29 is 0 Å². The minimum atomic E-state index is 0.588. The number of aryl methyl sites for hydroxylation is 1. The van der Waals surface area contributed by atoms with Crippen LogP contribution in [0.15, 0.2) is 12.1 Å². The number of fused-ring (bicyclic) bond motifs is 5. The van der Waals surface area contributed by atoms with Crippen molar-refractivity contribution in [2.75, 3.05) is 11.9 Å². The maximum Gasteiger partial charge on any atom is 0.183 e. The Morgan fingerprint density at radius 3 is 3.11 bits per heavy atom. The maximum atomic E-state index is 4.74. The molecule has 94 valence electrons. The quantitative estimate of drug-likeness (QED) is 0.772. The molecule has 4 rings (SSSR count). The molecule has 1 aliphatic carbocycles. The molecule has 2 aliphatic rings. The van der Waals surface area contributed by atoms with E-state index in [9.17, 15) is 0 Å². The molecule has 0 bridgehead atoms. The van der Waals surface area contributed by atoms with Crippen molar-refractivity contribution in [3.05, 3.63) is 17.8 Å². The minimum absolute atomic E-state index is 0.588. The molecule has 0 saturated heterocycles. The molecule has 2 aromatic heterocycles. The number of pyridine rings is 1. The van der Waals surface area contributed by atoms with Gasteiger partial charge in [0.2, 0.25) is 0 Å². The monoisotopic (exact) mass is 242 g/mol. The number of nitrogens with one attached hydrogen (secondary N) is 1. The second kappa shape index (κ2) is 3.70. The van der Waals surface area contributed by atoms with Gasteiger partial charge in [-0.2, -0.15) is 5.10 Å². The number of hydrogen-bond donors (Lipinski definition) is 1. The van der Waals surface area contributed by atoms with Gasteiger partial charge in [-0.1, -0.05) is 12.8 Å². The average molecular weight is 242 g/mol. The molecule has 1 N–H and O–H groups in total. The van der Waals surface area contributed by atoms with E-state index in [0.717, 1.165) is 23.8 Å². The molecule has 3 heterocycles. The zero-order valence-corrected chi connectivity index (χ0v) is 10.7. The predicted molar refractivity (Wildman–Crippen MR) is 71.7 cm³/mol. The van der Waals surface area contributed by atoms with Crippen molar-refractivity contribution in [2.24, 2.45) is 5.92 Å². The molecule has 18 heavy (non-hydrogen) atoms.